The van der Waals surface area contributed by atoms with Crippen LogP contribution in [0.1, 0.15) is 16.7 Å². The lowest BCUT2D eigenvalue weighted by Crippen LogP contribution is -2.11. The summed E-state index contributed by atoms with van der Waals surface area (Å²) in [6.07, 6.45) is 0. The van der Waals surface area contributed by atoms with Crippen molar-refractivity contribution in [1.82, 2.24) is 4.57 Å². The summed E-state index contributed by atoms with van der Waals surface area (Å²) >= 11 is 0. The standard InChI is InChI=1S/C51H38N2O/c1-33-24-26-38(27-25-33)52(40-30-34(2)49(35(3)31-40)36-14-5-4-6-15-36)47-29-28-41(51-50(47)44-20-9-12-23-48(44)54-51)37-16-13-17-39(32-37)53-45-21-10-7-18-42(45)43-19-8-11-22-46(43)53/h4-32H,1-3H3. The minimum absolute atomic E-state index is 0.871. The molecule has 2 aromatic heterocycles. The Kier molecular flexibility index (Phi) is 7.48. The normalized spacial score (nSPS) is 11.6. The third kappa shape index (κ3) is 5.12. The fraction of sp³-hybridized carbons (Fsp3) is 0.0588. The predicted octanol–water partition coefficient (Wildman–Crippen LogP) is 14.4. The van der Waals surface area contributed by atoms with Gasteiger partial charge in [-0.3, -0.25) is 0 Å². The van der Waals surface area contributed by atoms with E-state index in [1.54, 1.807) is 0 Å². The summed E-state index contributed by atoms with van der Waals surface area (Å²) in [5.41, 5.74) is 16.9. The average molecular weight is 695 g/mol. The Morgan fingerprint density at radius 1 is 0.481 bits per heavy atom. The van der Waals surface area contributed by atoms with Crippen LogP contribution in [0.25, 0.3) is 71.7 Å². The molecule has 0 aliphatic rings. The maximum absolute atomic E-state index is 6.88. The first kappa shape index (κ1) is 31.9. The molecule has 2 heterocycles. The van der Waals surface area contributed by atoms with Crippen molar-refractivity contribution in [2.75, 3.05) is 4.90 Å². The van der Waals surface area contributed by atoms with E-state index in [9.17, 15) is 0 Å². The first-order valence-electron chi connectivity index (χ1n) is 18.6. The second-order valence-electron chi connectivity index (χ2n) is 14.3. The van der Waals surface area contributed by atoms with Gasteiger partial charge in [0.25, 0.3) is 0 Å². The van der Waals surface area contributed by atoms with Crippen molar-refractivity contribution in [2.45, 2.75) is 20.8 Å². The maximum atomic E-state index is 6.88. The number of nitrogens with zero attached hydrogens (tertiary/aromatic N) is 2. The van der Waals surface area contributed by atoms with Crippen molar-refractivity contribution < 1.29 is 4.42 Å². The molecule has 0 N–H and O–H groups in total. The average Bonchev–Trinajstić information content (AvgIpc) is 3.76. The SMILES string of the molecule is Cc1ccc(N(c2cc(C)c(-c3ccccc3)c(C)c2)c2ccc(-c3cccc(-n4c5ccccc5c5ccccc54)c3)c3oc4ccccc4c23)cc1. The van der Waals surface area contributed by atoms with Crippen LogP contribution in [0.5, 0.6) is 0 Å². The molecule has 3 nitrogen and oxygen atoms in total. The van der Waals surface area contributed by atoms with E-state index in [0.717, 1.165) is 55.8 Å². The van der Waals surface area contributed by atoms with Crippen molar-refractivity contribution >= 4 is 60.8 Å². The van der Waals surface area contributed by atoms with E-state index < -0.39 is 0 Å². The number of rotatable bonds is 6. The molecule has 10 rings (SSSR count). The number of aromatic nitrogens is 1. The summed E-state index contributed by atoms with van der Waals surface area (Å²) < 4.78 is 9.26. The van der Waals surface area contributed by atoms with Crippen molar-refractivity contribution in [3.63, 3.8) is 0 Å². The van der Waals surface area contributed by atoms with Gasteiger partial charge in [0.15, 0.2) is 0 Å². The fourth-order valence-electron chi connectivity index (χ4n) is 8.49. The van der Waals surface area contributed by atoms with Gasteiger partial charge in [0.05, 0.1) is 22.1 Å². The van der Waals surface area contributed by atoms with Crippen molar-refractivity contribution in [2.24, 2.45) is 0 Å². The molecule has 0 aliphatic carbocycles. The Morgan fingerprint density at radius 3 is 1.80 bits per heavy atom. The van der Waals surface area contributed by atoms with E-state index in [4.69, 9.17) is 4.42 Å². The number of fused-ring (bicyclic) bond motifs is 6. The number of anilines is 3. The van der Waals surface area contributed by atoms with Crippen LogP contribution in [-0.4, -0.2) is 4.57 Å². The van der Waals surface area contributed by atoms with Gasteiger partial charge in [0.2, 0.25) is 0 Å². The molecule has 0 radical (unpaired) electrons. The van der Waals surface area contributed by atoms with E-state index in [2.05, 4.69) is 206 Å². The molecule has 0 aliphatic heterocycles. The zero-order chi connectivity index (χ0) is 36.3. The summed E-state index contributed by atoms with van der Waals surface area (Å²) in [4.78, 5) is 2.40. The molecule has 0 unspecified atom stereocenters. The molecule has 0 bridgehead atoms. The number of aryl methyl sites for hydroxylation is 3. The number of benzene rings is 8. The van der Waals surface area contributed by atoms with Crippen LogP contribution in [0.2, 0.25) is 0 Å². The molecule has 0 atom stereocenters. The van der Waals surface area contributed by atoms with E-state index >= 15 is 0 Å². The molecule has 3 heteroatoms. The Morgan fingerprint density at radius 2 is 1.09 bits per heavy atom. The van der Waals surface area contributed by atoms with Gasteiger partial charge < -0.3 is 13.9 Å². The molecule has 258 valence electrons. The highest BCUT2D eigenvalue weighted by Gasteiger charge is 2.23. The largest absolute Gasteiger partial charge is 0.455 e. The Bertz CT molecular complexity index is 2940. The third-order valence-corrected chi connectivity index (χ3v) is 10.9. The van der Waals surface area contributed by atoms with Crippen LogP contribution in [0, 0.1) is 20.8 Å². The highest BCUT2D eigenvalue weighted by atomic mass is 16.3. The zero-order valence-electron chi connectivity index (χ0n) is 30.5. The van der Waals surface area contributed by atoms with Crippen LogP contribution in [-0.2, 0) is 0 Å². The molecule has 8 aromatic carbocycles. The monoisotopic (exact) mass is 694 g/mol. The van der Waals surface area contributed by atoms with Gasteiger partial charge in [-0.2, -0.15) is 0 Å². The van der Waals surface area contributed by atoms with Gasteiger partial charge in [0.1, 0.15) is 11.2 Å². The van der Waals surface area contributed by atoms with Crippen molar-refractivity contribution in [1.29, 1.82) is 0 Å². The fourth-order valence-corrected chi connectivity index (χ4v) is 8.49. The number of furan rings is 1. The minimum atomic E-state index is 0.871. The highest BCUT2D eigenvalue weighted by Crippen LogP contribution is 2.47. The summed E-state index contributed by atoms with van der Waals surface area (Å²) in [5, 5.41) is 4.68. The van der Waals surface area contributed by atoms with E-state index in [-0.39, 0.29) is 0 Å². The first-order valence-corrected chi connectivity index (χ1v) is 18.6. The quantitative estimate of drug-likeness (QED) is 0.173. The number of hydrogen-bond acceptors (Lipinski definition) is 2. The smallest absolute Gasteiger partial charge is 0.145 e. The van der Waals surface area contributed by atoms with E-state index in [1.807, 2.05) is 0 Å². The van der Waals surface area contributed by atoms with Gasteiger partial charge in [-0.1, -0.05) is 115 Å². The van der Waals surface area contributed by atoms with Crippen LogP contribution in [0.3, 0.4) is 0 Å². The maximum Gasteiger partial charge on any atom is 0.145 e. The summed E-state index contributed by atoms with van der Waals surface area (Å²) in [6.45, 7) is 6.59. The van der Waals surface area contributed by atoms with Gasteiger partial charge in [-0.25, -0.2) is 0 Å². The second-order valence-corrected chi connectivity index (χ2v) is 14.3. The van der Waals surface area contributed by atoms with Crippen LogP contribution in [0.15, 0.2) is 180 Å². The summed E-state index contributed by atoms with van der Waals surface area (Å²) in [7, 11) is 0. The number of hydrogen-bond donors (Lipinski definition) is 0. The van der Waals surface area contributed by atoms with Crippen LogP contribution >= 0.6 is 0 Å². The molecule has 0 saturated carbocycles. The van der Waals surface area contributed by atoms with Crippen LogP contribution in [0.4, 0.5) is 17.1 Å². The first-order chi connectivity index (χ1) is 26.5. The minimum Gasteiger partial charge on any atom is -0.455 e. The van der Waals surface area contributed by atoms with E-state index in [1.165, 1.54) is 49.6 Å². The van der Waals surface area contributed by atoms with Gasteiger partial charge >= 0.3 is 0 Å². The zero-order valence-corrected chi connectivity index (χ0v) is 30.5. The van der Waals surface area contributed by atoms with Crippen molar-refractivity contribution in [3.05, 3.63) is 193 Å². The molecule has 0 spiro atoms. The highest BCUT2D eigenvalue weighted by molar-refractivity contribution is 6.17. The third-order valence-electron chi connectivity index (χ3n) is 10.9. The predicted molar refractivity (Wildman–Crippen MR) is 228 cm³/mol. The topological polar surface area (TPSA) is 21.3 Å². The van der Waals surface area contributed by atoms with Gasteiger partial charge in [-0.05, 0) is 115 Å². The summed E-state index contributed by atoms with van der Waals surface area (Å²) in [5.74, 6) is 0. The Balaban J connectivity index is 1.20. The number of para-hydroxylation sites is 3. The molecule has 0 fully saturated rings. The summed E-state index contributed by atoms with van der Waals surface area (Å²) in [6, 6.07) is 63.3. The second kappa shape index (κ2) is 12.7. The lowest BCUT2D eigenvalue weighted by molar-refractivity contribution is 0.670. The molecular formula is C51H38N2O. The Hall–Kier alpha value is -6.84. The van der Waals surface area contributed by atoms with Gasteiger partial charge in [-0.15, -0.1) is 0 Å². The van der Waals surface area contributed by atoms with Crippen LogP contribution < -0.4 is 4.90 Å². The van der Waals surface area contributed by atoms with E-state index in [0.29, 0.717) is 0 Å². The van der Waals surface area contributed by atoms with Gasteiger partial charge in [0, 0.05) is 38.8 Å². The molecule has 54 heavy (non-hydrogen) atoms. The lowest BCUT2D eigenvalue weighted by atomic mass is 9.94. The lowest BCUT2D eigenvalue weighted by Gasteiger charge is -2.28. The molecule has 10 aromatic rings. The molecular weight excluding hydrogens is 657 g/mol. The Labute approximate surface area is 315 Å². The molecule has 0 amide bonds. The molecule has 0 saturated heterocycles. The van der Waals surface area contributed by atoms with Crippen molar-refractivity contribution in [3.8, 4) is 27.9 Å².